The van der Waals surface area contributed by atoms with Gasteiger partial charge < -0.3 is 0 Å². The predicted octanol–water partition coefficient (Wildman–Crippen LogP) is 3.41. The number of rotatable bonds is 3. The minimum Gasteiger partial charge on any atom is -0.282 e. The first kappa shape index (κ1) is 13.5. The van der Waals surface area contributed by atoms with E-state index in [4.69, 9.17) is 4.55 Å². The van der Waals surface area contributed by atoms with Crippen molar-refractivity contribution in [2.24, 2.45) is 0 Å². The molecule has 0 aliphatic heterocycles. The van der Waals surface area contributed by atoms with Gasteiger partial charge in [0, 0.05) is 0 Å². The van der Waals surface area contributed by atoms with Gasteiger partial charge in [-0.3, -0.25) is 4.55 Å². The van der Waals surface area contributed by atoms with Gasteiger partial charge in [0.15, 0.2) is 0 Å². The lowest BCUT2D eigenvalue weighted by molar-refractivity contribution is 0.483. The molecule has 0 aliphatic rings. The number of aryl methyl sites for hydroxylation is 1. The van der Waals surface area contributed by atoms with E-state index in [1.165, 1.54) is 6.07 Å². The highest BCUT2D eigenvalue weighted by atomic mass is 32.2. The average Bonchev–Trinajstić information content (AvgIpc) is 2.37. The second kappa shape index (κ2) is 5.38. The van der Waals surface area contributed by atoms with Gasteiger partial charge >= 0.3 is 0 Å². The van der Waals surface area contributed by atoms with Gasteiger partial charge in [-0.15, -0.1) is 0 Å². The van der Waals surface area contributed by atoms with Crippen LogP contribution in [-0.4, -0.2) is 13.0 Å². The second-order valence-electron chi connectivity index (χ2n) is 4.26. The van der Waals surface area contributed by atoms with Crippen molar-refractivity contribution in [1.82, 2.24) is 0 Å². The van der Waals surface area contributed by atoms with E-state index < -0.39 is 10.1 Å². The molecule has 0 radical (unpaired) electrons. The van der Waals surface area contributed by atoms with Crippen LogP contribution in [-0.2, 0) is 10.1 Å². The van der Waals surface area contributed by atoms with E-state index in [2.05, 4.69) is 0 Å². The Kier molecular flexibility index (Phi) is 3.83. The Morgan fingerprint density at radius 1 is 0.947 bits per heavy atom. The van der Waals surface area contributed by atoms with Crippen molar-refractivity contribution in [3.05, 3.63) is 65.2 Å². The first-order chi connectivity index (χ1) is 8.97. The lowest BCUT2D eigenvalue weighted by atomic mass is 10.1. The highest BCUT2D eigenvalue weighted by molar-refractivity contribution is 7.85. The van der Waals surface area contributed by atoms with E-state index in [0.29, 0.717) is 5.56 Å². The van der Waals surface area contributed by atoms with Gasteiger partial charge in [-0.1, -0.05) is 60.2 Å². The number of hydrogen-bond acceptors (Lipinski definition) is 2. The van der Waals surface area contributed by atoms with Crippen molar-refractivity contribution >= 4 is 22.3 Å². The molecular weight excluding hydrogens is 260 g/mol. The molecule has 0 bridgehead atoms. The molecule has 2 rings (SSSR count). The Bertz CT molecular complexity index is 698. The highest BCUT2D eigenvalue weighted by Crippen LogP contribution is 2.18. The van der Waals surface area contributed by atoms with Gasteiger partial charge in [-0.2, -0.15) is 8.42 Å². The molecule has 0 saturated carbocycles. The van der Waals surface area contributed by atoms with Crippen LogP contribution in [0.15, 0.2) is 53.4 Å². The Morgan fingerprint density at radius 2 is 1.58 bits per heavy atom. The van der Waals surface area contributed by atoms with Crippen molar-refractivity contribution in [3.8, 4) is 0 Å². The summed E-state index contributed by atoms with van der Waals surface area (Å²) in [4.78, 5) is -0.0849. The summed E-state index contributed by atoms with van der Waals surface area (Å²) in [6.45, 7) is 2.00. The molecule has 1 N–H and O–H groups in total. The molecular formula is C15H14O3S. The van der Waals surface area contributed by atoms with Crippen molar-refractivity contribution in [2.45, 2.75) is 11.8 Å². The Labute approximate surface area is 113 Å². The fourth-order valence-corrected chi connectivity index (χ4v) is 2.40. The quantitative estimate of drug-likeness (QED) is 0.689. The number of hydrogen-bond donors (Lipinski definition) is 1. The van der Waals surface area contributed by atoms with Crippen LogP contribution in [0.2, 0.25) is 0 Å². The van der Waals surface area contributed by atoms with E-state index in [1.54, 1.807) is 24.3 Å². The number of benzene rings is 2. The summed E-state index contributed by atoms with van der Waals surface area (Å²) in [5.74, 6) is 0. The summed E-state index contributed by atoms with van der Waals surface area (Å²) < 4.78 is 31.6. The average molecular weight is 274 g/mol. The predicted molar refractivity (Wildman–Crippen MR) is 76.4 cm³/mol. The fraction of sp³-hybridized carbons (Fsp3) is 0.0667. The summed E-state index contributed by atoms with van der Waals surface area (Å²) in [5, 5.41) is 0. The second-order valence-corrected chi connectivity index (χ2v) is 5.65. The highest BCUT2D eigenvalue weighted by Gasteiger charge is 2.12. The van der Waals surface area contributed by atoms with Crippen LogP contribution in [0.3, 0.4) is 0 Å². The molecule has 0 aliphatic carbocycles. The fourth-order valence-electron chi connectivity index (χ4n) is 1.72. The summed E-state index contributed by atoms with van der Waals surface area (Å²) in [6.07, 6.45) is 3.48. The summed E-state index contributed by atoms with van der Waals surface area (Å²) in [6, 6.07) is 14.2. The third kappa shape index (κ3) is 3.53. The lowest BCUT2D eigenvalue weighted by Gasteiger charge is -2.02. The smallest absolute Gasteiger partial charge is 0.282 e. The molecule has 0 saturated heterocycles. The van der Waals surface area contributed by atoms with Crippen molar-refractivity contribution in [2.75, 3.05) is 0 Å². The van der Waals surface area contributed by atoms with Gasteiger partial charge in [0.2, 0.25) is 0 Å². The van der Waals surface area contributed by atoms with Gasteiger partial charge in [0.1, 0.15) is 4.90 Å². The molecule has 0 amide bonds. The molecule has 98 valence electrons. The van der Waals surface area contributed by atoms with Crippen LogP contribution < -0.4 is 0 Å². The molecule has 3 nitrogen and oxygen atoms in total. The molecule has 0 spiro atoms. The third-order valence-corrected chi connectivity index (χ3v) is 3.66. The zero-order valence-corrected chi connectivity index (χ0v) is 11.3. The zero-order valence-electron chi connectivity index (χ0n) is 10.4. The van der Waals surface area contributed by atoms with E-state index in [-0.39, 0.29) is 4.90 Å². The summed E-state index contributed by atoms with van der Waals surface area (Å²) >= 11 is 0. The van der Waals surface area contributed by atoms with Crippen molar-refractivity contribution in [1.29, 1.82) is 0 Å². The summed E-state index contributed by atoms with van der Waals surface area (Å²) in [7, 11) is -4.20. The normalized spacial score (nSPS) is 11.9. The van der Waals surface area contributed by atoms with Crippen molar-refractivity contribution in [3.63, 3.8) is 0 Å². The van der Waals surface area contributed by atoms with Crippen LogP contribution in [0, 0.1) is 6.92 Å². The molecule has 0 unspecified atom stereocenters. The van der Waals surface area contributed by atoms with E-state index in [9.17, 15) is 8.42 Å². The van der Waals surface area contributed by atoms with Crippen LogP contribution >= 0.6 is 0 Å². The van der Waals surface area contributed by atoms with Crippen molar-refractivity contribution < 1.29 is 13.0 Å². The Hall–Kier alpha value is -1.91. The molecule has 0 fully saturated rings. The minimum atomic E-state index is -4.20. The SMILES string of the molecule is Cc1ccc(C=Cc2ccccc2S(=O)(=O)O)cc1. The first-order valence-corrected chi connectivity index (χ1v) is 7.22. The lowest BCUT2D eigenvalue weighted by Crippen LogP contribution is -2.00. The molecule has 0 atom stereocenters. The molecule has 2 aromatic carbocycles. The molecule has 0 aromatic heterocycles. The van der Waals surface area contributed by atoms with Gasteiger partial charge in [0.05, 0.1) is 0 Å². The maximum Gasteiger partial charge on any atom is 0.295 e. The van der Waals surface area contributed by atoms with Crippen LogP contribution in [0.5, 0.6) is 0 Å². The van der Waals surface area contributed by atoms with E-state index >= 15 is 0 Å². The molecule has 4 heteroatoms. The monoisotopic (exact) mass is 274 g/mol. The van der Waals surface area contributed by atoms with Crippen LogP contribution in [0.1, 0.15) is 16.7 Å². The van der Waals surface area contributed by atoms with Crippen LogP contribution in [0.4, 0.5) is 0 Å². The molecule has 2 aromatic rings. The maximum atomic E-state index is 11.2. The van der Waals surface area contributed by atoms with Gasteiger partial charge in [-0.05, 0) is 24.1 Å². The van der Waals surface area contributed by atoms with E-state index in [1.807, 2.05) is 37.3 Å². The molecule has 19 heavy (non-hydrogen) atoms. The largest absolute Gasteiger partial charge is 0.295 e. The maximum absolute atomic E-state index is 11.2. The van der Waals surface area contributed by atoms with Gasteiger partial charge in [0.25, 0.3) is 10.1 Å². The Morgan fingerprint density at radius 3 is 2.21 bits per heavy atom. The topological polar surface area (TPSA) is 54.4 Å². The van der Waals surface area contributed by atoms with Gasteiger partial charge in [-0.25, -0.2) is 0 Å². The Balaban J connectivity index is 2.36. The first-order valence-electron chi connectivity index (χ1n) is 5.78. The zero-order chi connectivity index (χ0) is 13.9. The standard InChI is InChI=1S/C15H14O3S/c1-12-6-8-13(9-7-12)10-11-14-4-2-3-5-15(14)19(16,17)18/h2-11H,1H3,(H,16,17,18). The summed E-state index contributed by atoms with van der Waals surface area (Å²) in [5.41, 5.74) is 2.59. The minimum absolute atomic E-state index is 0.0849. The van der Waals surface area contributed by atoms with E-state index in [0.717, 1.165) is 11.1 Å². The molecule has 0 heterocycles. The third-order valence-electron chi connectivity index (χ3n) is 2.73. The van der Waals surface area contributed by atoms with Crippen LogP contribution in [0.25, 0.3) is 12.2 Å².